The van der Waals surface area contributed by atoms with E-state index in [2.05, 4.69) is 10.2 Å². The van der Waals surface area contributed by atoms with E-state index in [0.29, 0.717) is 32.5 Å². The van der Waals surface area contributed by atoms with E-state index in [9.17, 15) is 9.18 Å². The number of morpholine rings is 1. The van der Waals surface area contributed by atoms with Crippen LogP contribution in [0, 0.1) is 5.82 Å². The molecular formula is C18H22FN3O2. The molecule has 24 heavy (non-hydrogen) atoms. The quantitative estimate of drug-likeness (QED) is 0.884. The van der Waals surface area contributed by atoms with Gasteiger partial charge in [-0.2, -0.15) is 5.10 Å². The highest BCUT2D eigenvalue weighted by molar-refractivity contribution is 5.76. The highest BCUT2D eigenvalue weighted by Gasteiger charge is 2.24. The zero-order valence-electron chi connectivity index (χ0n) is 13.6. The van der Waals surface area contributed by atoms with E-state index >= 15 is 0 Å². The number of H-pyrrole nitrogens is 1. The van der Waals surface area contributed by atoms with Crippen LogP contribution in [0.4, 0.5) is 4.39 Å². The van der Waals surface area contributed by atoms with Crippen LogP contribution in [0.15, 0.2) is 36.7 Å². The highest BCUT2D eigenvalue weighted by Crippen LogP contribution is 2.14. The van der Waals surface area contributed by atoms with Crippen LogP contribution in [0.2, 0.25) is 0 Å². The molecule has 2 aromatic rings. The van der Waals surface area contributed by atoms with Gasteiger partial charge in [0.2, 0.25) is 5.91 Å². The number of amides is 1. The Balaban J connectivity index is 1.45. The minimum Gasteiger partial charge on any atom is -0.374 e. The van der Waals surface area contributed by atoms with E-state index < -0.39 is 0 Å². The molecule has 1 atom stereocenters. The molecule has 0 aliphatic carbocycles. The molecule has 0 spiro atoms. The lowest BCUT2D eigenvalue weighted by atomic mass is 10.1. The summed E-state index contributed by atoms with van der Waals surface area (Å²) in [5.41, 5.74) is 2.15. The molecular weight excluding hydrogens is 309 g/mol. The summed E-state index contributed by atoms with van der Waals surface area (Å²) in [6, 6.07) is 6.45. The minimum absolute atomic E-state index is 0.0259. The molecule has 6 heteroatoms. The van der Waals surface area contributed by atoms with Crippen LogP contribution in [0.25, 0.3) is 0 Å². The predicted octanol–water partition coefficient (Wildman–Crippen LogP) is 2.34. The molecule has 1 aliphatic heterocycles. The van der Waals surface area contributed by atoms with Gasteiger partial charge in [-0.1, -0.05) is 12.1 Å². The van der Waals surface area contributed by atoms with Crippen molar-refractivity contribution < 1.29 is 13.9 Å². The van der Waals surface area contributed by atoms with E-state index in [1.807, 2.05) is 11.1 Å². The first-order valence-electron chi connectivity index (χ1n) is 8.32. The highest BCUT2D eigenvalue weighted by atomic mass is 19.1. The fourth-order valence-corrected chi connectivity index (χ4v) is 2.97. The molecule has 5 nitrogen and oxygen atoms in total. The average Bonchev–Trinajstić information content (AvgIpc) is 3.10. The van der Waals surface area contributed by atoms with Crippen LogP contribution < -0.4 is 0 Å². The third-order valence-corrected chi connectivity index (χ3v) is 4.28. The largest absolute Gasteiger partial charge is 0.374 e. The summed E-state index contributed by atoms with van der Waals surface area (Å²) >= 11 is 0. The Morgan fingerprint density at radius 3 is 2.92 bits per heavy atom. The summed E-state index contributed by atoms with van der Waals surface area (Å²) in [6.45, 7) is 1.80. The summed E-state index contributed by atoms with van der Waals surface area (Å²) in [5.74, 6) is -0.0661. The van der Waals surface area contributed by atoms with Crippen molar-refractivity contribution >= 4 is 5.91 Å². The molecule has 1 saturated heterocycles. The summed E-state index contributed by atoms with van der Waals surface area (Å²) in [4.78, 5) is 14.2. The van der Waals surface area contributed by atoms with Crippen molar-refractivity contribution in [3.63, 3.8) is 0 Å². The summed E-state index contributed by atoms with van der Waals surface area (Å²) in [5, 5.41) is 6.68. The Hall–Kier alpha value is -2.21. The molecule has 0 saturated carbocycles. The molecule has 0 unspecified atom stereocenters. The van der Waals surface area contributed by atoms with Crippen LogP contribution in [-0.4, -0.2) is 46.8 Å². The maximum absolute atomic E-state index is 13.0. The zero-order valence-corrected chi connectivity index (χ0v) is 13.6. The first kappa shape index (κ1) is 16.6. The molecule has 1 amide bonds. The second kappa shape index (κ2) is 8.06. The van der Waals surface area contributed by atoms with Crippen LogP contribution >= 0.6 is 0 Å². The van der Waals surface area contributed by atoms with Crippen molar-refractivity contribution in [3.8, 4) is 0 Å². The molecule has 1 aromatic carbocycles. The van der Waals surface area contributed by atoms with Crippen LogP contribution in [0.3, 0.4) is 0 Å². The monoisotopic (exact) mass is 331 g/mol. The fourth-order valence-electron chi connectivity index (χ4n) is 2.97. The van der Waals surface area contributed by atoms with Crippen molar-refractivity contribution in [3.05, 3.63) is 53.6 Å². The van der Waals surface area contributed by atoms with Gasteiger partial charge in [0.25, 0.3) is 0 Å². The van der Waals surface area contributed by atoms with Crippen molar-refractivity contribution in [2.45, 2.75) is 31.8 Å². The number of hydrogen-bond acceptors (Lipinski definition) is 3. The fraction of sp³-hybridized carbons (Fsp3) is 0.444. The Labute approximate surface area is 140 Å². The first-order valence-corrected chi connectivity index (χ1v) is 8.32. The van der Waals surface area contributed by atoms with E-state index in [1.54, 1.807) is 18.3 Å². The number of aryl methyl sites for hydroxylation is 1. The normalized spacial score (nSPS) is 17.9. The number of hydrogen-bond donors (Lipinski definition) is 1. The van der Waals surface area contributed by atoms with Gasteiger partial charge in [0, 0.05) is 32.1 Å². The zero-order chi connectivity index (χ0) is 16.8. The average molecular weight is 331 g/mol. The number of aromatic amines is 1. The Morgan fingerprint density at radius 2 is 2.17 bits per heavy atom. The van der Waals surface area contributed by atoms with E-state index in [1.165, 1.54) is 12.1 Å². The Bertz CT molecular complexity index is 643. The molecule has 1 aromatic heterocycles. The molecule has 2 heterocycles. The lowest BCUT2D eigenvalue weighted by Gasteiger charge is -2.33. The van der Waals surface area contributed by atoms with E-state index in [4.69, 9.17) is 4.74 Å². The second-order valence-electron chi connectivity index (χ2n) is 6.12. The number of rotatable bonds is 6. The van der Waals surface area contributed by atoms with Gasteiger partial charge in [0.15, 0.2) is 0 Å². The summed E-state index contributed by atoms with van der Waals surface area (Å²) in [7, 11) is 0. The molecule has 1 aliphatic rings. The topological polar surface area (TPSA) is 58.2 Å². The van der Waals surface area contributed by atoms with E-state index in [-0.39, 0.29) is 17.8 Å². The van der Waals surface area contributed by atoms with Crippen LogP contribution in [0.5, 0.6) is 0 Å². The predicted molar refractivity (Wildman–Crippen MR) is 87.9 cm³/mol. The standard InChI is InChI=1S/C18H22FN3O2/c19-16-6-4-14(5-7-16)10-17-13-22(8-9-24-17)18(23)3-1-2-15-11-20-21-12-15/h4-7,11-12,17H,1-3,8-10,13H2,(H,20,21)/t17-/m1/s1. The summed E-state index contributed by atoms with van der Waals surface area (Å²) < 4.78 is 18.7. The van der Waals surface area contributed by atoms with Gasteiger partial charge in [0.1, 0.15) is 5.82 Å². The maximum atomic E-state index is 13.0. The number of nitrogens with zero attached hydrogens (tertiary/aromatic N) is 2. The van der Waals surface area contributed by atoms with Gasteiger partial charge in [-0.05, 0) is 36.1 Å². The number of halogens is 1. The van der Waals surface area contributed by atoms with E-state index in [0.717, 1.165) is 24.0 Å². The second-order valence-corrected chi connectivity index (χ2v) is 6.12. The van der Waals surface area contributed by atoms with Crippen molar-refractivity contribution in [1.82, 2.24) is 15.1 Å². The SMILES string of the molecule is O=C(CCCc1cn[nH]c1)N1CCO[C@H](Cc2ccc(F)cc2)C1. The number of carbonyl (C=O) groups is 1. The molecule has 0 bridgehead atoms. The first-order chi connectivity index (χ1) is 11.7. The molecule has 3 rings (SSSR count). The third kappa shape index (κ3) is 4.64. The number of aromatic nitrogens is 2. The van der Waals surface area contributed by atoms with Gasteiger partial charge >= 0.3 is 0 Å². The molecule has 0 radical (unpaired) electrons. The molecule has 1 N–H and O–H groups in total. The Morgan fingerprint density at radius 1 is 1.33 bits per heavy atom. The number of ether oxygens (including phenoxy) is 1. The lowest BCUT2D eigenvalue weighted by molar-refractivity contribution is -0.138. The number of carbonyl (C=O) groups excluding carboxylic acids is 1. The van der Waals surface area contributed by atoms with Crippen LogP contribution in [-0.2, 0) is 22.4 Å². The van der Waals surface area contributed by atoms with Gasteiger partial charge in [-0.3, -0.25) is 9.89 Å². The van der Waals surface area contributed by atoms with Crippen LogP contribution in [0.1, 0.15) is 24.0 Å². The van der Waals surface area contributed by atoms with Gasteiger partial charge < -0.3 is 9.64 Å². The van der Waals surface area contributed by atoms with Crippen molar-refractivity contribution in [2.75, 3.05) is 19.7 Å². The van der Waals surface area contributed by atoms with Gasteiger partial charge in [-0.15, -0.1) is 0 Å². The number of benzene rings is 1. The maximum Gasteiger partial charge on any atom is 0.222 e. The van der Waals surface area contributed by atoms with Gasteiger partial charge in [0.05, 0.1) is 18.9 Å². The van der Waals surface area contributed by atoms with Gasteiger partial charge in [-0.25, -0.2) is 4.39 Å². The van der Waals surface area contributed by atoms with Crippen molar-refractivity contribution in [1.29, 1.82) is 0 Å². The number of nitrogens with one attached hydrogen (secondary N) is 1. The molecule has 1 fully saturated rings. The third-order valence-electron chi connectivity index (χ3n) is 4.28. The van der Waals surface area contributed by atoms with Crippen molar-refractivity contribution in [2.24, 2.45) is 0 Å². The lowest BCUT2D eigenvalue weighted by Crippen LogP contribution is -2.46. The minimum atomic E-state index is -0.238. The Kier molecular flexibility index (Phi) is 5.59. The summed E-state index contributed by atoms with van der Waals surface area (Å²) in [6.07, 6.45) is 6.52. The molecule has 128 valence electrons. The smallest absolute Gasteiger partial charge is 0.222 e.